The minimum absolute atomic E-state index is 0.140. The number of phenolic OH excluding ortho intramolecular Hbond substituents is 1. The van der Waals surface area contributed by atoms with Gasteiger partial charge in [-0.3, -0.25) is 4.90 Å². The zero-order chi connectivity index (χ0) is 14.9. The first-order valence-electron chi connectivity index (χ1n) is 7.44. The molecule has 116 valence electrons. The molecule has 2 atom stereocenters. The SMILES string of the molecule is COc1cc(CN2C[C@H](C)O[C@]3(CCOC3)C2)ccc1O. The van der Waals surface area contributed by atoms with E-state index in [-0.39, 0.29) is 17.5 Å². The summed E-state index contributed by atoms with van der Waals surface area (Å²) in [4.78, 5) is 2.40. The molecule has 21 heavy (non-hydrogen) atoms. The van der Waals surface area contributed by atoms with E-state index in [0.717, 1.165) is 38.2 Å². The van der Waals surface area contributed by atoms with Crippen molar-refractivity contribution in [1.82, 2.24) is 4.90 Å². The molecule has 0 aromatic heterocycles. The van der Waals surface area contributed by atoms with Gasteiger partial charge in [0, 0.05) is 32.7 Å². The number of hydrogen-bond donors (Lipinski definition) is 1. The smallest absolute Gasteiger partial charge is 0.160 e. The summed E-state index contributed by atoms with van der Waals surface area (Å²) in [6.07, 6.45) is 1.17. The first-order chi connectivity index (χ1) is 10.1. The molecule has 1 aromatic rings. The van der Waals surface area contributed by atoms with Gasteiger partial charge in [0.05, 0.1) is 19.8 Å². The van der Waals surface area contributed by atoms with Crippen molar-refractivity contribution >= 4 is 0 Å². The largest absolute Gasteiger partial charge is 0.504 e. The highest BCUT2D eigenvalue weighted by molar-refractivity contribution is 5.41. The fourth-order valence-corrected chi connectivity index (χ4v) is 3.34. The van der Waals surface area contributed by atoms with Gasteiger partial charge in [-0.2, -0.15) is 0 Å². The number of morpholine rings is 1. The van der Waals surface area contributed by atoms with Crippen LogP contribution in [0.3, 0.4) is 0 Å². The second-order valence-electron chi connectivity index (χ2n) is 6.09. The van der Waals surface area contributed by atoms with Crippen LogP contribution in [0.5, 0.6) is 11.5 Å². The Balaban J connectivity index is 1.71. The minimum atomic E-state index is -0.140. The van der Waals surface area contributed by atoms with E-state index in [1.54, 1.807) is 13.2 Å². The van der Waals surface area contributed by atoms with Gasteiger partial charge in [-0.05, 0) is 24.6 Å². The summed E-state index contributed by atoms with van der Waals surface area (Å²) in [6, 6.07) is 5.52. The molecular formula is C16H23NO4. The molecule has 5 heteroatoms. The molecule has 2 saturated heterocycles. The highest BCUT2D eigenvalue weighted by Gasteiger charge is 2.42. The first kappa shape index (κ1) is 14.6. The monoisotopic (exact) mass is 293 g/mol. The number of benzene rings is 1. The summed E-state index contributed by atoms with van der Waals surface area (Å²) in [5, 5.41) is 9.68. The van der Waals surface area contributed by atoms with Crippen LogP contribution in [0.25, 0.3) is 0 Å². The highest BCUT2D eigenvalue weighted by Crippen LogP contribution is 2.32. The van der Waals surface area contributed by atoms with Crippen LogP contribution in [0.4, 0.5) is 0 Å². The Morgan fingerprint density at radius 2 is 2.33 bits per heavy atom. The Hall–Kier alpha value is -1.30. The molecule has 2 fully saturated rings. The van der Waals surface area contributed by atoms with Crippen LogP contribution in [0.1, 0.15) is 18.9 Å². The maximum absolute atomic E-state index is 9.68. The molecular weight excluding hydrogens is 270 g/mol. The summed E-state index contributed by atoms with van der Waals surface area (Å²) in [7, 11) is 1.57. The summed E-state index contributed by atoms with van der Waals surface area (Å²) < 4.78 is 16.8. The number of ether oxygens (including phenoxy) is 3. The van der Waals surface area contributed by atoms with Crippen molar-refractivity contribution in [2.45, 2.75) is 31.6 Å². The van der Waals surface area contributed by atoms with Crippen LogP contribution in [0.2, 0.25) is 0 Å². The Bertz CT molecular complexity index is 499. The zero-order valence-electron chi connectivity index (χ0n) is 12.7. The van der Waals surface area contributed by atoms with Crippen LogP contribution in [0, 0.1) is 0 Å². The second-order valence-corrected chi connectivity index (χ2v) is 6.09. The number of rotatable bonds is 3. The lowest BCUT2D eigenvalue weighted by molar-refractivity contribution is -0.149. The van der Waals surface area contributed by atoms with Gasteiger partial charge in [0.1, 0.15) is 5.60 Å². The maximum atomic E-state index is 9.68. The van der Waals surface area contributed by atoms with E-state index in [1.807, 2.05) is 12.1 Å². The van der Waals surface area contributed by atoms with E-state index < -0.39 is 0 Å². The van der Waals surface area contributed by atoms with Crippen LogP contribution in [0.15, 0.2) is 18.2 Å². The van der Waals surface area contributed by atoms with Gasteiger partial charge in [0.25, 0.3) is 0 Å². The molecule has 0 radical (unpaired) electrons. The van der Waals surface area contributed by atoms with Crippen molar-refractivity contribution in [2.24, 2.45) is 0 Å². The molecule has 2 aliphatic heterocycles. The highest BCUT2D eigenvalue weighted by atomic mass is 16.6. The molecule has 1 aromatic carbocycles. The van der Waals surface area contributed by atoms with E-state index >= 15 is 0 Å². The van der Waals surface area contributed by atoms with Crippen molar-refractivity contribution in [3.63, 3.8) is 0 Å². The van der Waals surface area contributed by atoms with E-state index in [2.05, 4.69) is 11.8 Å². The third-order valence-corrected chi connectivity index (χ3v) is 4.20. The molecule has 2 heterocycles. The van der Waals surface area contributed by atoms with Crippen molar-refractivity contribution < 1.29 is 19.3 Å². The fourth-order valence-electron chi connectivity index (χ4n) is 3.34. The van der Waals surface area contributed by atoms with E-state index in [9.17, 15) is 5.11 Å². The number of nitrogens with zero attached hydrogens (tertiary/aromatic N) is 1. The molecule has 0 bridgehead atoms. The van der Waals surface area contributed by atoms with Crippen LogP contribution in [-0.2, 0) is 16.0 Å². The molecule has 0 amide bonds. The molecule has 0 aliphatic carbocycles. The van der Waals surface area contributed by atoms with Crippen molar-refractivity contribution in [3.8, 4) is 11.5 Å². The van der Waals surface area contributed by atoms with E-state index in [4.69, 9.17) is 14.2 Å². The standard InChI is InChI=1S/C16H23NO4/c1-12-8-17(10-16(21-12)5-6-20-11-16)9-13-3-4-14(18)15(7-13)19-2/h3-4,7,12,18H,5-6,8-11H2,1-2H3/t12-,16+/m0/s1. The molecule has 2 aliphatic rings. The van der Waals surface area contributed by atoms with Gasteiger partial charge in [0.2, 0.25) is 0 Å². The summed E-state index contributed by atoms with van der Waals surface area (Å²) in [5.41, 5.74) is 0.992. The zero-order valence-corrected chi connectivity index (χ0v) is 12.7. The summed E-state index contributed by atoms with van der Waals surface area (Å²) >= 11 is 0. The van der Waals surface area contributed by atoms with Gasteiger partial charge < -0.3 is 19.3 Å². The summed E-state index contributed by atoms with van der Waals surface area (Å²) in [6.45, 7) is 6.21. The Morgan fingerprint density at radius 1 is 1.48 bits per heavy atom. The molecule has 0 unspecified atom stereocenters. The maximum Gasteiger partial charge on any atom is 0.160 e. The number of hydrogen-bond acceptors (Lipinski definition) is 5. The molecule has 1 N–H and O–H groups in total. The topological polar surface area (TPSA) is 51.2 Å². The van der Waals surface area contributed by atoms with Crippen molar-refractivity contribution in [1.29, 1.82) is 0 Å². The predicted octanol–water partition coefficient (Wildman–Crippen LogP) is 1.78. The third kappa shape index (κ3) is 3.15. The summed E-state index contributed by atoms with van der Waals surface area (Å²) in [5.74, 6) is 0.699. The van der Waals surface area contributed by atoms with Gasteiger partial charge in [0.15, 0.2) is 11.5 Å². The van der Waals surface area contributed by atoms with Crippen molar-refractivity contribution in [3.05, 3.63) is 23.8 Å². The quantitative estimate of drug-likeness (QED) is 0.920. The van der Waals surface area contributed by atoms with Crippen LogP contribution < -0.4 is 4.74 Å². The lowest BCUT2D eigenvalue weighted by Crippen LogP contribution is -2.55. The fraction of sp³-hybridized carbons (Fsp3) is 0.625. The molecule has 1 spiro atoms. The molecule has 5 nitrogen and oxygen atoms in total. The Morgan fingerprint density at radius 3 is 3.05 bits per heavy atom. The third-order valence-electron chi connectivity index (χ3n) is 4.20. The van der Waals surface area contributed by atoms with Gasteiger partial charge in [-0.15, -0.1) is 0 Å². The van der Waals surface area contributed by atoms with Crippen molar-refractivity contribution in [2.75, 3.05) is 33.4 Å². The molecule has 3 rings (SSSR count). The number of aromatic hydroxyl groups is 1. The second kappa shape index (κ2) is 5.83. The van der Waals surface area contributed by atoms with Gasteiger partial charge >= 0.3 is 0 Å². The van der Waals surface area contributed by atoms with E-state index in [0.29, 0.717) is 12.4 Å². The van der Waals surface area contributed by atoms with Crippen LogP contribution >= 0.6 is 0 Å². The lowest BCUT2D eigenvalue weighted by Gasteiger charge is -2.43. The number of phenols is 1. The Kier molecular flexibility index (Phi) is 4.06. The minimum Gasteiger partial charge on any atom is -0.504 e. The molecule has 0 saturated carbocycles. The van der Waals surface area contributed by atoms with Gasteiger partial charge in [-0.25, -0.2) is 0 Å². The van der Waals surface area contributed by atoms with Crippen LogP contribution in [-0.4, -0.2) is 55.1 Å². The van der Waals surface area contributed by atoms with E-state index in [1.165, 1.54) is 0 Å². The lowest BCUT2D eigenvalue weighted by atomic mass is 9.99. The predicted molar refractivity (Wildman–Crippen MR) is 78.6 cm³/mol. The van der Waals surface area contributed by atoms with Gasteiger partial charge in [-0.1, -0.05) is 6.07 Å². The first-order valence-corrected chi connectivity index (χ1v) is 7.44. The average Bonchev–Trinajstić information content (AvgIpc) is 2.87. The number of methoxy groups -OCH3 is 1. The average molecular weight is 293 g/mol. The normalized spacial score (nSPS) is 29.9. The Labute approximate surface area is 125 Å².